The Hall–Kier alpha value is -2.09. The molecule has 0 radical (unpaired) electrons. The number of hydrogen-bond donors (Lipinski definition) is 3. The van der Waals surface area contributed by atoms with Gasteiger partial charge in [-0.05, 0) is 49.2 Å². The number of nitrogens with two attached hydrogens (primary N) is 1. The fourth-order valence-corrected chi connectivity index (χ4v) is 2.76. The zero-order valence-electron chi connectivity index (χ0n) is 13.2. The highest BCUT2D eigenvalue weighted by Crippen LogP contribution is 2.20. The van der Waals surface area contributed by atoms with Gasteiger partial charge in [0.2, 0.25) is 10.0 Å². The molecule has 24 heavy (non-hydrogen) atoms. The molecule has 0 saturated heterocycles. The summed E-state index contributed by atoms with van der Waals surface area (Å²) in [5.41, 5.74) is 2.25. The van der Waals surface area contributed by atoms with Crippen LogP contribution in [0, 0.1) is 6.92 Å². The fraction of sp³-hybridized carbons (Fsp3) is 0.188. The number of urea groups is 1. The number of rotatable bonds is 4. The number of aryl methyl sites for hydroxylation is 1. The second-order valence-electron chi connectivity index (χ2n) is 5.40. The number of carbonyl (C=O) groups excluding carboxylic acids is 1. The lowest BCUT2D eigenvalue weighted by Gasteiger charge is -2.15. The van der Waals surface area contributed by atoms with Gasteiger partial charge >= 0.3 is 6.03 Å². The van der Waals surface area contributed by atoms with Gasteiger partial charge in [0.25, 0.3) is 0 Å². The van der Waals surface area contributed by atoms with Gasteiger partial charge in [-0.25, -0.2) is 18.4 Å². The second-order valence-corrected chi connectivity index (χ2v) is 7.37. The average Bonchev–Trinajstić information content (AvgIpc) is 2.50. The highest BCUT2D eigenvalue weighted by molar-refractivity contribution is 7.89. The summed E-state index contributed by atoms with van der Waals surface area (Å²) in [6, 6.07) is 10.5. The van der Waals surface area contributed by atoms with Crippen molar-refractivity contribution in [1.29, 1.82) is 0 Å². The van der Waals surface area contributed by atoms with Gasteiger partial charge in [-0.3, -0.25) is 0 Å². The molecule has 0 spiro atoms. The first-order valence-electron chi connectivity index (χ1n) is 7.13. The Morgan fingerprint density at radius 2 is 1.79 bits per heavy atom. The number of sulfonamides is 1. The van der Waals surface area contributed by atoms with Crippen molar-refractivity contribution in [3.8, 4) is 0 Å². The van der Waals surface area contributed by atoms with Crippen LogP contribution in [0.5, 0.6) is 0 Å². The summed E-state index contributed by atoms with van der Waals surface area (Å²) in [4.78, 5) is 12.1. The maximum Gasteiger partial charge on any atom is 0.319 e. The number of amides is 2. The molecule has 6 nitrogen and oxygen atoms in total. The first-order chi connectivity index (χ1) is 11.2. The van der Waals surface area contributed by atoms with E-state index in [0.29, 0.717) is 10.7 Å². The van der Waals surface area contributed by atoms with E-state index in [1.165, 1.54) is 12.1 Å². The van der Waals surface area contributed by atoms with Crippen LogP contribution in [-0.2, 0) is 10.0 Å². The Labute approximate surface area is 146 Å². The molecule has 0 fully saturated rings. The molecule has 0 aliphatic heterocycles. The maximum atomic E-state index is 12.0. The third kappa shape index (κ3) is 4.70. The van der Waals surface area contributed by atoms with E-state index in [0.717, 1.165) is 11.1 Å². The Morgan fingerprint density at radius 3 is 2.33 bits per heavy atom. The van der Waals surface area contributed by atoms with E-state index in [9.17, 15) is 13.2 Å². The topological polar surface area (TPSA) is 101 Å². The fourth-order valence-electron chi connectivity index (χ4n) is 2.06. The third-order valence-corrected chi connectivity index (χ3v) is 4.82. The summed E-state index contributed by atoms with van der Waals surface area (Å²) in [5, 5.41) is 11.1. The second kappa shape index (κ2) is 7.21. The predicted molar refractivity (Wildman–Crippen MR) is 94.6 cm³/mol. The molecular weight excluding hydrogens is 350 g/mol. The van der Waals surface area contributed by atoms with E-state index in [2.05, 4.69) is 10.6 Å². The quantitative estimate of drug-likeness (QED) is 0.773. The SMILES string of the molecule is Cc1ccc(NC(=O)NC(C)c2ccc(S(N)(=O)=O)cc2)cc1Cl. The molecule has 4 N–H and O–H groups in total. The predicted octanol–water partition coefficient (Wildman–Crippen LogP) is 3.18. The first kappa shape index (κ1) is 18.3. The minimum absolute atomic E-state index is 0.0252. The first-order valence-corrected chi connectivity index (χ1v) is 9.05. The Kier molecular flexibility index (Phi) is 5.48. The van der Waals surface area contributed by atoms with Gasteiger partial charge in [0.1, 0.15) is 0 Å². The lowest BCUT2D eigenvalue weighted by Crippen LogP contribution is -2.31. The van der Waals surface area contributed by atoms with Gasteiger partial charge in [-0.2, -0.15) is 0 Å². The summed E-state index contributed by atoms with van der Waals surface area (Å²) in [6.07, 6.45) is 0. The molecule has 0 heterocycles. The van der Waals surface area contributed by atoms with Gasteiger partial charge < -0.3 is 10.6 Å². The highest BCUT2D eigenvalue weighted by atomic mass is 35.5. The van der Waals surface area contributed by atoms with Crippen LogP contribution in [0.3, 0.4) is 0 Å². The van der Waals surface area contributed by atoms with Crippen molar-refractivity contribution in [2.45, 2.75) is 24.8 Å². The molecule has 128 valence electrons. The van der Waals surface area contributed by atoms with E-state index in [-0.39, 0.29) is 10.9 Å². The Bertz CT molecular complexity index is 851. The molecule has 2 rings (SSSR count). The molecular formula is C16H18ClN3O3S. The minimum atomic E-state index is -3.73. The monoisotopic (exact) mass is 367 g/mol. The van der Waals surface area contributed by atoms with Crippen molar-refractivity contribution in [2.75, 3.05) is 5.32 Å². The highest BCUT2D eigenvalue weighted by Gasteiger charge is 2.12. The molecule has 1 unspecified atom stereocenters. The third-order valence-electron chi connectivity index (χ3n) is 3.49. The molecule has 0 aliphatic carbocycles. The zero-order chi connectivity index (χ0) is 17.9. The lowest BCUT2D eigenvalue weighted by atomic mass is 10.1. The van der Waals surface area contributed by atoms with E-state index in [4.69, 9.17) is 16.7 Å². The summed E-state index contributed by atoms with van der Waals surface area (Å²) < 4.78 is 22.5. The maximum absolute atomic E-state index is 12.0. The standard InChI is InChI=1S/C16H18ClN3O3S/c1-10-3-6-13(9-15(10)17)20-16(21)19-11(2)12-4-7-14(8-5-12)24(18,22)23/h3-9,11H,1-2H3,(H2,18,22,23)(H2,19,20,21). The van der Waals surface area contributed by atoms with Crippen molar-refractivity contribution >= 4 is 33.3 Å². The number of nitrogens with one attached hydrogen (secondary N) is 2. The van der Waals surface area contributed by atoms with Crippen LogP contribution in [0.25, 0.3) is 0 Å². The molecule has 0 aliphatic rings. The van der Waals surface area contributed by atoms with Crippen molar-refractivity contribution in [1.82, 2.24) is 5.32 Å². The molecule has 2 aromatic carbocycles. The summed E-state index contributed by atoms with van der Waals surface area (Å²) in [7, 11) is -3.73. The molecule has 0 aromatic heterocycles. The van der Waals surface area contributed by atoms with Gasteiger partial charge in [0.15, 0.2) is 0 Å². The van der Waals surface area contributed by atoms with E-state index in [1.54, 1.807) is 31.2 Å². The summed E-state index contributed by atoms with van der Waals surface area (Å²) in [6.45, 7) is 3.66. The van der Waals surface area contributed by atoms with Crippen molar-refractivity contribution in [3.05, 3.63) is 58.6 Å². The van der Waals surface area contributed by atoms with Crippen molar-refractivity contribution in [3.63, 3.8) is 0 Å². The molecule has 0 saturated carbocycles. The normalized spacial score (nSPS) is 12.5. The van der Waals surface area contributed by atoms with Crippen LogP contribution < -0.4 is 15.8 Å². The van der Waals surface area contributed by atoms with Crippen LogP contribution >= 0.6 is 11.6 Å². The number of primary sulfonamides is 1. The number of benzene rings is 2. The van der Waals surface area contributed by atoms with Gasteiger partial charge in [0, 0.05) is 10.7 Å². The molecule has 0 bridgehead atoms. The van der Waals surface area contributed by atoms with Crippen LogP contribution in [0.4, 0.5) is 10.5 Å². The number of anilines is 1. The lowest BCUT2D eigenvalue weighted by molar-refractivity contribution is 0.249. The Morgan fingerprint density at radius 1 is 1.17 bits per heavy atom. The van der Waals surface area contributed by atoms with Crippen LogP contribution in [0.15, 0.2) is 47.4 Å². The van der Waals surface area contributed by atoms with Crippen molar-refractivity contribution < 1.29 is 13.2 Å². The molecule has 2 amide bonds. The van der Waals surface area contributed by atoms with Crippen molar-refractivity contribution in [2.24, 2.45) is 5.14 Å². The number of halogens is 1. The van der Waals surface area contributed by atoms with Gasteiger partial charge in [-0.1, -0.05) is 29.8 Å². The zero-order valence-corrected chi connectivity index (χ0v) is 14.8. The Balaban J connectivity index is 2.01. The van der Waals surface area contributed by atoms with Gasteiger partial charge in [-0.15, -0.1) is 0 Å². The molecule has 2 aromatic rings. The van der Waals surface area contributed by atoms with Crippen LogP contribution in [0.1, 0.15) is 24.1 Å². The minimum Gasteiger partial charge on any atom is -0.331 e. The summed E-state index contributed by atoms with van der Waals surface area (Å²) >= 11 is 6.02. The van der Waals surface area contributed by atoms with E-state index in [1.807, 2.05) is 13.0 Å². The average molecular weight is 368 g/mol. The van der Waals surface area contributed by atoms with Crippen LogP contribution in [-0.4, -0.2) is 14.4 Å². The van der Waals surface area contributed by atoms with Crippen LogP contribution in [0.2, 0.25) is 5.02 Å². The largest absolute Gasteiger partial charge is 0.331 e. The van der Waals surface area contributed by atoms with E-state index < -0.39 is 16.1 Å². The van der Waals surface area contributed by atoms with Gasteiger partial charge in [0.05, 0.1) is 10.9 Å². The van der Waals surface area contributed by atoms with E-state index >= 15 is 0 Å². The number of carbonyl (C=O) groups is 1. The number of hydrogen-bond acceptors (Lipinski definition) is 3. The molecule has 8 heteroatoms. The molecule has 1 atom stereocenters. The smallest absolute Gasteiger partial charge is 0.319 e. The summed E-state index contributed by atoms with van der Waals surface area (Å²) in [5.74, 6) is 0.